The first-order chi connectivity index (χ1) is 9.74. The van der Waals surface area contributed by atoms with Crippen molar-refractivity contribution in [2.75, 3.05) is 27.2 Å². The average molecular weight is 278 g/mol. The fraction of sp³-hybridized carbons (Fsp3) is 0.625. The molecule has 0 aliphatic carbocycles. The maximum atomic E-state index is 9.66. The molecule has 1 atom stereocenters. The molecule has 0 spiro atoms. The van der Waals surface area contributed by atoms with E-state index >= 15 is 0 Å². The Labute approximate surface area is 121 Å². The number of piperidine rings is 1. The van der Waals surface area contributed by atoms with E-state index < -0.39 is 0 Å². The number of methoxy groups -OCH3 is 1. The van der Waals surface area contributed by atoms with E-state index in [1.807, 2.05) is 19.2 Å². The minimum Gasteiger partial charge on any atom is -0.504 e. The minimum atomic E-state index is 0.210. The van der Waals surface area contributed by atoms with Crippen LogP contribution in [-0.4, -0.2) is 43.3 Å². The van der Waals surface area contributed by atoms with E-state index in [0.29, 0.717) is 11.8 Å². The zero-order valence-corrected chi connectivity index (χ0v) is 12.6. The van der Waals surface area contributed by atoms with E-state index in [2.05, 4.69) is 10.2 Å². The lowest BCUT2D eigenvalue weighted by Gasteiger charge is -2.36. The molecule has 20 heavy (non-hydrogen) atoms. The van der Waals surface area contributed by atoms with Crippen LogP contribution in [0.3, 0.4) is 0 Å². The Kier molecular flexibility index (Phi) is 5.68. The summed E-state index contributed by atoms with van der Waals surface area (Å²) < 4.78 is 5.19. The number of likely N-dealkylation sites (tertiary alicyclic amines) is 1. The Morgan fingerprint density at radius 2 is 2.25 bits per heavy atom. The number of hydrogen-bond acceptors (Lipinski definition) is 4. The lowest BCUT2D eigenvalue weighted by Crippen LogP contribution is -2.40. The second-order valence-corrected chi connectivity index (χ2v) is 5.52. The van der Waals surface area contributed by atoms with E-state index in [1.165, 1.54) is 31.2 Å². The molecule has 1 aromatic carbocycles. The maximum Gasteiger partial charge on any atom is 0.160 e. The average Bonchev–Trinajstić information content (AvgIpc) is 2.48. The van der Waals surface area contributed by atoms with Crippen LogP contribution in [0.15, 0.2) is 18.2 Å². The van der Waals surface area contributed by atoms with Crippen molar-refractivity contribution in [1.29, 1.82) is 0 Å². The summed E-state index contributed by atoms with van der Waals surface area (Å²) in [5.41, 5.74) is 1.20. The third-order valence-electron chi connectivity index (χ3n) is 4.11. The Bertz CT molecular complexity index is 423. The van der Waals surface area contributed by atoms with Crippen LogP contribution in [0.1, 0.15) is 31.2 Å². The third kappa shape index (κ3) is 3.87. The third-order valence-corrected chi connectivity index (χ3v) is 4.11. The Morgan fingerprint density at radius 3 is 3.00 bits per heavy atom. The van der Waals surface area contributed by atoms with E-state index in [1.54, 1.807) is 13.2 Å². The van der Waals surface area contributed by atoms with Gasteiger partial charge in [0.05, 0.1) is 7.11 Å². The fourth-order valence-electron chi connectivity index (χ4n) is 2.96. The second-order valence-electron chi connectivity index (χ2n) is 5.52. The molecule has 1 aliphatic rings. The van der Waals surface area contributed by atoms with Crippen molar-refractivity contribution in [2.24, 2.45) is 0 Å². The zero-order valence-electron chi connectivity index (χ0n) is 12.6. The topological polar surface area (TPSA) is 44.7 Å². The zero-order chi connectivity index (χ0) is 14.4. The second kappa shape index (κ2) is 7.50. The molecule has 1 heterocycles. The molecule has 1 fully saturated rings. The van der Waals surface area contributed by atoms with E-state index in [4.69, 9.17) is 4.74 Å². The van der Waals surface area contributed by atoms with Gasteiger partial charge in [-0.3, -0.25) is 4.90 Å². The van der Waals surface area contributed by atoms with Crippen LogP contribution in [0.4, 0.5) is 0 Å². The number of aromatic hydroxyl groups is 1. The van der Waals surface area contributed by atoms with Crippen molar-refractivity contribution < 1.29 is 9.84 Å². The van der Waals surface area contributed by atoms with Crippen molar-refractivity contribution in [3.63, 3.8) is 0 Å². The first kappa shape index (κ1) is 15.1. The van der Waals surface area contributed by atoms with Gasteiger partial charge < -0.3 is 15.2 Å². The monoisotopic (exact) mass is 278 g/mol. The van der Waals surface area contributed by atoms with E-state index in [-0.39, 0.29) is 5.75 Å². The van der Waals surface area contributed by atoms with Gasteiger partial charge in [-0.05, 0) is 57.1 Å². The number of nitrogens with one attached hydrogen (secondary N) is 1. The largest absolute Gasteiger partial charge is 0.504 e. The lowest BCUT2D eigenvalue weighted by atomic mass is 9.98. The van der Waals surface area contributed by atoms with Crippen LogP contribution in [-0.2, 0) is 6.54 Å². The molecule has 4 heteroatoms. The smallest absolute Gasteiger partial charge is 0.160 e. The van der Waals surface area contributed by atoms with Gasteiger partial charge in [0.15, 0.2) is 11.5 Å². The Balaban J connectivity index is 2.02. The van der Waals surface area contributed by atoms with E-state index in [9.17, 15) is 5.11 Å². The van der Waals surface area contributed by atoms with Gasteiger partial charge in [-0.25, -0.2) is 0 Å². The normalized spacial score (nSPS) is 20.0. The first-order valence-electron chi connectivity index (χ1n) is 7.49. The summed E-state index contributed by atoms with van der Waals surface area (Å²) in [6.45, 7) is 3.17. The summed E-state index contributed by atoms with van der Waals surface area (Å²) in [6, 6.07) is 6.32. The Morgan fingerprint density at radius 1 is 1.40 bits per heavy atom. The predicted octanol–water partition coefficient (Wildman–Crippen LogP) is 2.36. The van der Waals surface area contributed by atoms with Crippen LogP contribution in [0.5, 0.6) is 11.5 Å². The highest BCUT2D eigenvalue weighted by Gasteiger charge is 2.22. The van der Waals surface area contributed by atoms with Crippen LogP contribution < -0.4 is 10.1 Å². The molecule has 0 saturated carbocycles. The van der Waals surface area contributed by atoms with Gasteiger partial charge in [0.2, 0.25) is 0 Å². The molecule has 0 aromatic heterocycles. The fourth-order valence-corrected chi connectivity index (χ4v) is 2.96. The molecule has 0 amide bonds. The van der Waals surface area contributed by atoms with Gasteiger partial charge in [0.1, 0.15) is 0 Å². The molecule has 1 aromatic rings. The highest BCUT2D eigenvalue weighted by molar-refractivity contribution is 5.41. The molecule has 2 N–H and O–H groups in total. The van der Waals surface area contributed by atoms with Gasteiger partial charge in [-0.15, -0.1) is 0 Å². The number of hydrogen-bond donors (Lipinski definition) is 2. The van der Waals surface area contributed by atoms with Gasteiger partial charge in [-0.1, -0.05) is 12.5 Å². The molecule has 2 rings (SSSR count). The SMILES string of the molecule is CNCCC1CCCCN1Cc1ccc(O)c(OC)c1. The van der Waals surface area contributed by atoms with Gasteiger partial charge in [0, 0.05) is 12.6 Å². The number of benzene rings is 1. The summed E-state index contributed by atoms with van der Waals surface area (Å²) in [4.78, 5) is 2.56. The van der Waals surface area contributed by atoms with Crippen LogP contribution in [0.2, 0.25) is 0 Å². The molecule has 1 saturated heterocycles. The minimum absolute atomic E-state index is 0.210. The van der Waals surface area contributed by atoms with Gasteiger partial charge in [-0.2, -0.15) is 0 Å². The van der Waals surface area contributed by atoms with E-state index in [0.717, 1.165) is 19.6 Å². The summed E-state index contributed by atoms with van der Waals surface area (Å²) in [6.07, 6.45) is 5.11. The maximum absolute atomic E-state index is 9.66. The molecule has 4 nitrogen and oxygen atoms in total. The van der Waals surface area contributed by atoms with Gasteiger partial charge >= 0.3 is 0 Å². The summed E-state index contributed by atoms with van der Waals surface area (Å²) in [5, 5.41) is 12.9. The molecule has 112 valence electrons. The number of phenols is 1. The summed E-state index contributed by atoms with van der Waals surface area (Å²) >= 11 is 0. The summed E-state index contributed by atoms with van der Waals surface area (Å²) in [7, 11) is 3.60. The molecule has 0 radical (unpaired) electrons. The number of rotatable bonds is 6. The number of ether oxygens (including phenoxy) is 1. The van der Waals surface area contributed by atoms with Crippen molar-refractivity contribution in [3.05, 3.63) is 23.8 Å². The Hall–Kier alpha value is -1.26. The number of phenolic OH excluding ortho intramolecular Hbond substituents is 1. The van der Waals surface area contributed by atoms with Crippen molar-refractivity contribution in [1.82, 2.24) is 10.2 Å². The van der Waals surface area contributed by atoms with Crippen LogP contribution in [0, 0.1) is 0 Å². The molecular formula is C16H26N2O2. The molecule has 1 aliphatic heterocycles. The van der Waals surface area contributed by atoms with Crippen LogP contribution >= 0.6 is 0 Å². The van der Waals surface area contributed by atoms with Crippen molar-refractivity contribution in [3.8, 4) is 11.5 Å². The van der Waals surface area contributed by atoms with Crippen LogP contribution in [0.25, 0.3) is 0 Å². The predicted molar refractivity (Wildman–Crippen MR) is 81.3 cm³/mol. The molecule has 0 bridgehead atoms. The highest BCUT2D eigenvalue weighted by atomic mass is 16.5. The van der Waals surface area contributed by atoms with Gasteiger partial charge in [0.25, 0.3) is 0 Å². The quantitative estimate of drug-likeness (QED) is 0.838. The standard InChI is InChI=1S/C16H26N2O2/c1-17-9-8-14-5-3-4-10-18(14)12-13-6-7-15(19)16(11-13)20-2/h6-7,11,14,17,19H,3-5,8-10,12H2,1-2H3. The first-order valence-corrected chi connectivity index (χ1v) is 7.49. The highest BCUT2D eigenvalue weighted by Crippen LogP contribution is 2.28. The van der Waals surface area contributed by atoms with Crippen molar-refractivity contribution in [2.45, 2.75) is 38.3 Å². The summed E-state index contributed by atoms with van der Waals surface area (Å²) in [5.74, 6) is 0.771. The van der Waals surface area contributed by atoms with Crippen molar-refractivity contribution >= 4 is 0 Å². The number of nitrogens with zero attached hydrogens (tertiary/aromatic N) is 1. The molecular weight excluding hydrogens is 252 g/mol. The lowest BCUT2D eigenvalue weighted by molar-refractivity contribution is 0.132. The molecule has 1 unspecified atom stereocenters.